The van der Waals surface area contributed by atoms with Gasteiger partial charge in [0.25, 0.3) is 11.8 Å². The number of hydrogen-bond donors (Lipinski definition) is 1. The molecule has 1 aliphatic heterocycles. The molecule has 0 radical (unpaired) electrons. The van der Waals surface area contributed by atoms with Gasteiger partial charge in [0.1, 0.15) is 17.2 Å². The van der Waals surface area contributed by atoms with E-state index in [9.17, 15) is 14.0 Å². The first-order valence-electron chi connectivity index (χ1n) is 11.0. The first kappa shape index (κ1) is 24.9. The minimum Gasteiger partial charge on any atom is -0.348 e. The molecule has 0 unspecified atom stereocenters. The number of amides is 2. The Morgan fingerprint density at radius 2 is 1.72 bits per heavy atom. The summed E-state index contributed by atoms with van der Waals surface area (Å²) in [5.41, 5.74) is 0.765. The summed E-state index contributed by atoms with van der Waals surface area (Å²) in [6, 6.07) is 15.3. The Balaban J connectivity index is 1.58. The predicted octanol–water partition coefficient (Wildman–Crippen LogP) is 5.67. The summed E-state index contributed by atoms with van der Waals surface area (Å²) >= 11 is 5.55. The molecule has 1 heterocycles. The topological polar surface area (TPSA) is 57.0 Å². The Hall–Kier alpha value is -4.16. The molecular weight excluding hydrogens is 482 g/mol. The van der Waals surface area contributed by atoms with E-state index < -0.39 is 23.1 Å². The number of carbonyl (C=O) groups is 2. The van der Waals surface area contributed by atoms with Crippen molar-refractivity contribution in [2.75, 3.05) is 9.80 Å². The zero-order valence-electron chi connectivity index (χ0n) is 19.8. The molecule has 1 N–H and O–H groups in total. The summed E-state index contributed by atoms with van der Waals surface area (Å²) in [6.45, 7) is 12.1. The Labute approximate surface area is 213 Å². The summed E-state index contributed by atoms with van der Waals surface area (Å²) in [4.78, 5) is 31.5. The lowest BCUT2D eigenvalue weighted by Gasteiger charge is -2.29. The van der Waals surface area contributed by atoms with Crippen LogP contribution >= 0.6 is 12.2 Å². The second-order valence-electron chi connectivity index (χ2n) is 8.84. The van der Waals surface area contributed by atoms with Crippen LogP contribution in [0.3, 0.4) is 0 Å². The van der Waals surface area contributed by atoms with Crippen LogP contribution in [0, 0.1) is 25.1 Å². The summed E-state index contributed by atoms with van der Waals surface area (Å²) in [5.74, 6) is -2.07. The molecule has 3 aromatic rings. The fraction of sp³-hybridized carbons (Fsp3) is 0.185. The van der Waals surface area contributed by atoms with Gasteiger partial charge in [0.15, 0.2) is 5.11 Å². The number of nitrogens with zero attached hydrogens (tertiary/aromatic N) is 3. The summed E-state index contributed by atoms with van der Waals surface area (Å²) in [7, 11) is 0. The number of anilines is 2. The summed E-state index contributed by atoms with van der Waals surface area (Å²) in [6.07, 6.45) is 0. The number of carbonyl (C=O) groups excluding carboxylic acids is 2. The van der Waals surface area contributed by atoms with Crippen molar-refractivity contribution in [3.05, 3.63) is 100 Å². The Kier molecular flexibility index (Phi) is 6.57. The van der Waals surface area contributed by atoms with Crippen molar-refractivity contribution in [1.82, 2.24) is 5.32 Å². The van der Waals surface area contributed by atoms with Gasteiger partial charge in [-0.25, -0.2) is 13.6 Å². The highest BCUT2D eigenvalue weighted by Crippen LogP contribution is 2.37. The molecule has 9 heteroatoms. The molecule has 182 valence electrons. The van der Waals surface area contributed by atoms with Crippen molar-refractivity contribution < 1.29 is 18.4 Å². The van der Waals surface area contributed by atoms with E-state index in [4.69, 9.17) is 18.8 Å². The maximum Gasteiger partial charge on any atom is 0.259 e. The lowest BCUT2D eigenvalue weighted by Crippen LogP contribution is -2.44. The van der Waals surface area contributed by atoms with Crippen LogP contribution in [0.5, 0.6) is 0 Å². The van der Waals surface area contributed by atoms with Crippen LogP contribution in [-0.4, -0.2) is 22.5 Å². The minimum absolute atomic E-state index is 0.0230. The molecule has 0 spiro atoms. The van der Waals surface area contributed by atoms with E-state index in [-0.39, 0.29) is 34.5 Å². The average Bonchev–Trinajstić information content (AvgIpc) is 3.01. The maximum atomic E-state index is 15.1. The van der Waals surface area contributed by atoms with Gasteiger partial charge in [-0.2, -0.15) is 0 Å². The van der Waals surface area contributed by atoms with Crippen LogP contribution in [-0.2, 0) is 11.3 Å². The van der Waals surface area contributed by atoms with Gasteiger partial charge in [-0.05, 0) is 68.9 Å². The Morgan fingerprint density at radius 3 is 2.36 bits per heavy atom. The van der Waals surface area contributed by atoms with Crippen molar-refractivity contribution in [2.45, 2.75) is 32.9 Å². The van der Waals surface area contributed by atoms with Crippen LogP contribution < -0.4 is 15.1 Å². The van der Waals surface area contributed by atoms with Crippen LogP contribution in [0.15, 0.2) is 60.7 Å². The zero-order valence-corrected chi connectivity index (χ0v) is 20.6. The third-order valence-electron chi connectivity index (χ3n) is 6.10. The number of nitrogens with one attached hydrogen (secondary N) is 1. The highest BCUT2D eigenvalue weighted by atomic mass is 32.1. The lowest BCUT2D eigenvalue weighted by molar-refractivity contribution is -0.120. The highest BCUT2D eigenvalue weighted by molar-refractivity contribution is 7.81. The second kappa shape index (κ2) is 9.47. The maximum absolute atomic E-state index is 15.1. The molecule has 2 amide bonds. The molecule has 0 saturated carbocycles. The molecule has 6 nitrogen and oxygen atoms in total. The van der Waals surface area contributed by atoms with Crippen LogP contribution in [0.4, 0.5) is 25.8 Å². The molecular formula is C27H22F2N4O2S. The Morgan fingerprint density at radius 1 is 1.06 bits per heavy atom. The molecule has 36 heavy (non-hydrogen) atoms. The summed E-state index contributed by atoms with van der Waals surface area (Å²) < 4.78 is 29.3. The van der Waals surface area contributed by atoms with Gasteiger partial charge in [0.05, 0.1) is 12.3 Å². The van der Waals surface area contributed by atoms with Gasteiger partial charge in [0.2, 0.25) is 5.69 Å². The lowest BCUT2D eigenvalue weighted by atomic mass is 10.0. The Bertz CT molecular complexity index is 1450. The number of halogens is 2. The zero-order chi connectivity index (χ0) is 26.2. The molecule has 0 aromatic heterocycles. The van der Waals surface area contributed by atoms with Gasteiger partial charge in [-0.1, -0.05) is 30.3 Å². The van der Waals surface area contributed by atoms with Crippen molar-refractivity contribution in [3.8, 4) is 0 Å². The SMILES string of the molecule is [C-]#[N+]c1ccc(N2C(=O)C(C)(C)N(c3ccc(CNC(=O)c4ccccc4C)c(F)c3)C2=S)cc1F. The van der Waals surface area contributed by atoms with E-state index in [0.717, 1.165) is 11.6 Å². The molecule has 1 aliphatic rings. The average molecular weight is 505 g/mol. The molecule has 1 saturated heterocycles. The standard InChI is InChI=1S/C27H22F2N4O2S/c1-16-7-5-6-8-20(16)24(34)31-15-17-9-10-19(14-21(17)28)33-26(36)32(25(35)27(33,2)3)18-11-12-23(30-4)22(29)13-18/h5-14H,15H2,1-3H3,(H,31,34). The molecule has 0 bridgehead atoms. The number of thiocarbonyl (C=S) groups is 1. The molecule has 1 fully saturated rings. The van der Waals surface area contributed by atoms with E-state index >= 15 is 4.39 Å². The minimum atomic E-state index is -1.18. The van der Waals surface area contributed by atoms with Gasteiger partial charge in [-0.15, -0.1) is 0 Å². The third kappa shape index (κ3) is 4.32. The van der Waals surface area contributed by atoms with Crippen molar-refractivity contribution in [2.24, 2.45) is 0 Å². The highest BCUT2D eigenvalue weighted by Gasteiger charge is 2.50. The van der Waals surface area contributed by atoms with Gasteiger partial charge in [-0.3, -0.25) is 14.5 Å². The van der Waals surface area contributed by atoms with Crippen molar-refractivity contribution >= 4 is 46.2 Å². The fourth-order valence-electron chi connectivity index (χ4n) is 4.10. The monoisotopic (exact) mass is 504 g/mol. The predicted molar refractivity (Wildman–Crippen MR) is 138 cm³/mol. The smallest absolute Gasteiger partial charge is 0.259 e. The summed E-state index contributed by atoms with van der Waals surface area (Å²) in [5, 5.41) is 2.78. The van der Waals surface area contributed by atoms with E-state index in [2.05, 4.69) is 10.2 Å². The first-order valence-corrected chi connectivity index (χ1v) is 11.4. The van der Waals surface area contributed by atoms with Crippen molar-refractivity contribution in [1.29, 1.82) is 0 Å². The number of benzene rings is 3. The molecule has 3 aromatic carbocycles. The number of rotatable bonds is 5. The van der Waals surface area contributed by atoms with E-state index in [1.807, 2.05) is 19.1 Å². The van der Waals surface area contributed by atoms with E-state index in [1.165, 1.54) is 34.1 Å². The molecule has 4 rings (SSSR count). The largest absolute Gasteiger partial charge is 0.348 e. The van der Waals surface area contributed by atoms with Gasteiger partial charge in [0, 0.05) is 23.4 Å². The van der Waals surface area contributed by atoms with Gasteiger partial charge < -0.3 is 10.2 Å². The third-order valence-corrected chi connectivity index (χ3v) is 6.47. The van der Waals surface area contributed by atoms with Crippen LogP contribution in [0.1, 0.15) is 35.3 Å². The normalized spacial score (nSPS) is 14.7. The molecule has 0 atom stereocenters. The van der Waals surface area contributed by atoms with Crippen molar-refractivity contribution in [3.63, 3.8) is 0 Å². The fourth-order valence-corrected chi connectivity index (χ4v) is 4.62. The van der Waals surface area contributed by atoms with Crippen LogP contribution in [0.25, 0.3) is 4.85 Å². The number of aryl methyl sites for hydroxylation is 1. The van der Waals surface area contributed by atoms with E-state index in [0.29, 0.717) is 11.3 Å². The number of hydrogen-bond acceptors (Lipinski definition) is 3. The van der Waals surface area contributed by atoms with Crippen LogP contribution in [0.2, 0.25) is 0 Å². The quantitative estimate of drug-likeness (QED) is 0.359. The second-order valence-corrected chi connectivity index (χ2v) is 9.20. The first-order chi connectivity index (χ1) is 17.1. The van der Waals surface area contributed by atoms with E-state index in [1.54, 1.807) is 32.0 Å². The molecule has 0 aliphatic carbocycles. The van der Waals surface area contributed by atoms with Gasteiger partial charge >= 0.3 is 0 Å².